The average molecular weight is 825 g/mol. The van der Waals surface area contributed by atoms with Gasteiger partial charge >= 0.3 is 0 Å². The molecular weight excluding hydrogens is 729 g/mol. The summed E-state index contributed by atoms with van der Waals surface area (Å²) in [4.78, 5) is 0. The maximum atomic E-state index is 10.3. The summed E-state index contributed by atoms with van der Waals surface area (Å²) in [7, 11) is 0. The van der Waals surface area contributed by atoms with Gasteiger partial charge in [-0.1, -0.05) is 130 Å². The third-order valence-electron chi connectivity index (χ3n) is 23.3. The Kier molecular flexibility index (Phi) is 13.4. The molecule has 0 aliphatic heterocycles. The number of rotatable bonds is 7. The molecule has 0 radical (unpaired) electrons. The minimum Gasteiger partial charge on any atom is -0.393 e. The molecule has 0 bridgehead atoms. The minimum atomic E-state index is -0.0811. The van der Waals surface area contributed by atoms with Crippen LogP contribution in [0.4, 0.5) is 0 Å². The molecule has 2 N–H and O–H groups in total. The van der Waals surface area contributed by atoms with Gasteiger partial charge in [0, 0.05) is 0 Å². The van der Waals surface area contributed by atoms with Crippen molar-refractivity contribution >= 4 is 0 Å². The monoisotopic (exact) mass is 825 g/mol. The first-order valence-corrected chi connectivity index (χ1v) is 27.6. The second-order valence-corrected chi connectivity index (χ2v) is 25.9. The van der Waals surface area contributed by atoms with Gasteiger partial charge in [0.25, 0.3) is 0 Å². The van der Waals surface area contributed by atoms with Crippen molar-refractivity contribution < 1.29 is 10.2 Å². The van der Waals surface area contributed by atoms with E-state index in [-0.39, 0.29) is 12.2 Å². The Morgan fingerprint density at radius 3 is 1.97 bits per heavy atom. The van der Waals surface area contributed by atoms with Crippen LogP contribution in [0.15, 0.2) is 23.8 Å². The second-order valence-electron chi connectivity index (χ2n) is 25.9. The van der Waals surface area contributed by atoms with E-state index in [1.165, 1.54) is 161 Å². The lowest BCUT2D eigenvalue weighted by Gasteiger charge is -2.61. The van der Waals surface area contributed by atoms with Crippen molar-refractivity contribution in [3.63, 3.8) is 0 Å². The fraction of sp³-hybridized carbons (Fsp3) is 0.931. The zero-order valence-electron chi connectivity index (χ0n) is 40.3. The lowest BCUT2D eigenvalue weighted by atomic mass is 9.44. The summed E-state index contributed by atoms with van der Waals surface area (Å²) in [6, 6.07) is 0. The number of hydrogen-bond acceptors (Lipinski definition) is 2. The van der Waals surface area contributed by atoms with Crippen LogP contribution in [0.25, 0.3) is 0 Å². The highest BCUT2D eigenvalue weighted by molar-refractivity contribution is 5.25. The van der Waals surface area contributed by atoms with Crippen LogP contribution in [0.1, 0.15) is 228 Å². The van der Waals surface area contributed by atoms with Crippen molar-refractivity contribution in [2.75, 3.05) is 0 Å². The van der Waals surface area contributed by atoms with Gasteiger partial charge in [-0.15, -0.1) is 0 Å². The largest absolute Gasteiger partial charge is 0.393 e. The van der Waals surface area contributed by atoms with E-state index >= 15 is 0 Å². The lowest BCUT2D eigenvalue weighted by Crippen LogP contribution is -2.54. The van der Waals surface area contributed by atoms with Crippen LogP contribution in [0.3, 0.4) is 0 Å². The van der Waals surface area contributed by atoms with E-state index in [1.54, 1.807) is 5.57 Å². The molecular formula is C58H96O2. The normalized spacial score (nSPS) is 49.2. The third-order valence-corrected chi connectivity index (χ3v) is 23.3. The molecule has 10 aliphatic rings. The van der Waals surface area contributed by atoms with Gasteiger partial charge in [-0.2, -0.15) is 0 Å². The van der Waals surface area contributed by atoms with Gasteiger partial charge < -0.3 is 10.2 Å². The topological polar surface area (TPSA) is 40.5 Å². The highest BCUT2D eigenvalue weighted by Crippen LogP contribution is 2.69. The number of fused-ring (bicyclic) bond motifs is 10. The summed E-state index contributed by atoms with van der Waals surface area (Å²) in [5.74, 6) is 11.9. The van der Waals surface area contributed by atoms with E-state index in [9.17, 15) is 10.2 Å². The van der Waals surface area contributed by atoms with Crippen molar-refractivity contribution in [2.45, 2.75) is 240 Å². The van der Waals surface area contributed by atoms with Gasteiger partial charge in [-0.3, -0.25) is 0 Å². The van der Waals surface area contributed by atoms with Crippen LogP contribution in [0.2, 0.25) is 0 Å². The van der Waals surface area contributed by atoms with E-state index in [4.69, 9.17) is 0 Å². The van der Waals surface area contributed by atoms with Crippen molar-refractivity contribution in [3.8, 4) is 0 Å². The summed E-state index contributed by atoms with van der Waals surface area (Å²) in [5, 5.41) is 20.5. The molecule has 0 heterocycles. The minimum absolute atomic E-state index is 0.00523. The maximum Gasteiger partial charge on any atom is 0.0577 e. The second kappa shape index (κ2) is 18.0. The summed E-state index contributed by atoms with van der Waals surface area (Å²) in [5.41, 5.74) is 3.71. The molecule has 9 saturated carbocycles. The van der Waals surface area contributed by atoms with Crippen LogP contribution in [-0.2, 0) is 0 Å². The van der Waals surface area contributed by atoms with Crippen LogP contribution >= 0.6 is 0 Å². The first-order valence-electron chi connectivity index (χ1n) is 27.6. The van der Waals surface area contributed by atoms with Gasteiger partial charge in [0.1, 0.15) is 0 Å². The predicted molar refractivity (Wildman–Crippen MR) is 252 cm³/mol. The molecule has 0 aromatic heterocycles. The SMILES string of the molecule is C[C@H](/C=C/C1CCCCC1)[C@H]1CC[C@H]2[C@@H]3CC=C4C[C@@H](O)CC[C@]4(C)[C@H]3CC[C@]12C.C[C@H](CCC1CCCCC1)[C@H]1CC[C@H]2[C@@H]3CCC4C[C@@H](O)CC[C@]4(C)[C@H]3CC[C@]12C. The van der Waals surface area contributed by atoms with Gasteiger partial charge in [-0.25, -0.2) is 0 Å². The highest BCUT2D eigenvalue weighted by Gasteiger charge is 2.61. The number of hydrogen-bond donors (Lipinski definition) is 2. The molecule has 2 nitrogen and oxygen atoms in total. The number of aliphatic hydroxyl groups excluding tert-OH is 2. The molecule has 2 heteroatoms. The van der Waals surface area contributed by atoms with Crippen molar-refractivity contribution in [3.05, 3.63) is 23.8 Å². The molecule has 0 amide bonds. The van der Waals surface area contributed by atoms with Gasteiger partial charge in [0.15, 0.2) is 0 Å². The van der Waals surface area contributed by atoms with Crippen LogP contribution in [0, 0.1) is 98.6 Å². The number of allylic oxidation sites excluding steroid dienone is 3. The Morgan fingerprint density at radius 1 is 0.600 bits per heavy atom. The molecule has 0 aromatic carbocycles. The van der Waals surface area contributed by atoms with Crippen LogP contribution < -0.4 is 0 Å². The van der Waals surface area contributed by atoms with Crippen molar-refractivity contribution in [1.29, 1.82) is 0 Å². The molecule has 0 spiro atoms. The Labute approximate surface area is 371 Å². The van der Waals surface area contributed by atoms with Crippen molar-refractivity contribution in [1.82, 2.24) is 0 Å². The van der Waals surface area contributed by atoms with E-state index in [0.29, 0.717) is 21.7 Å². The van der Waals surface area contributed by atoms with Crippen LogP contribution in [-0.4, -0.2) is 22.4 Å². The Bertz CT molecular complexity index is 1500. The standard InChI is InChI=1S/C29H50O.C29H46O/c2*1-20(9-10-21-7-5-4-6-8-21)25-13-14-26-24-12-11-22-19-23(30)15-17-28(22,2)27(24)16-18-29(25,26)3/h20-27,30H,4-19H2,1-3H3;9-11,20-21,23-27,30H,4-8,12-19H2,1-3H3/b;10-9+/t20-,22?,23+,24+,25-,26+,27+,28+,29-;20-,23+,24+,25-,26+,27+,28+,29-/m11/s1. The Morgan fingerprint density at radius 2 is 1.22 bits per heavy atom. The summed E-state index contributed by atoms with van der Waals surface area (Å²) in [6.07, 6.45) is 48.2. The summed E-state index contributed by atoms with van der Waals surface area (Å²) in [6.45, 7) is 15.8. The van der Waals surface area contributed by atoms with Crippen molar-refractivity contribution in [2.24, 2.45) is 98.6 Å². The first-order chi connectivity index (χ1) is 28.8. The quantitative estimate of drug-likeness (QED) is 0.251. The maximum absolute atomic E-state index is 10.3. The molecule has 0 aromatic rings. The molecule has 10 rings (SSSR count). The summed E-state index contributed by atoms with van der Waals surface area (Å²) >= 11 is 0. The van der Waals surface area contributed by atoms with E-state index < -0.39 is 0 Å². The van der Waals surface area contributed by atoms with Crippen LogP contribution in [0.5, 0.6) is 0 Å². The lowest BCUT2D eigenvalue weighted by molar-refractivity contribution is -0.129. The predicted octanol–water partition coefficient (Wildman–Crippen LogP) is 15.7. The average Bonchev–Trinajstić information content (AvgIpc) is 3.80. The zero-order valence-corrected chi connectivity index (χ0v) is 40.3. The molecule has 9 fully saturated rings. The van der Waals surface area contributed by atoms with E-state index in [1.807, 2.05) is 0 Å². The third kappa shape index (κ3) is 8.18. The smallest absolute Gasteiger partial charge is 0.0577 e. The Hall–Kier alpha value is -0.600. The zero-order chi connectivity index (χ0) is 41.9. The fourth-order valence-corrected chi connectivity index (χ4v) is 19.7. The van der Waals surface area contributed by atoms with Gasteiger partial charge in [-0.05, 0) is 221 Å². The molecule has 0 saturated heterocycles. The molecule has 17 atom stereocenters. The molecule has 340 valence electrons. The Balaban J connectivity index is 0.000000154. The van der Waals surface area contributed by atoms with E-state index in [2.05, 4.69) is 59.8 Å². The first kappa shape index (κ1) is 44.6. The molecule has 60 heavy (non-hydrogen) atoms. The fourth-order valence-electron chi connectivity index (χ4n) is 19.7. The summed E-state index contributed by atoms with van der Waals surface area (Å²) < 4.78 is 0. The van der Waals surface area contributed by atoms with Gasteiger partial charge in [0.2, 0.25) is 0 Å². The molecule has 10 aliphatic carbocycles. The highest BCUT2D eigenvalue weighted by atomic mass is 16.3. The molecule has 1 unspecified atom stereocenters. The van der Waals surface area contributed by atoms with Gasteiger partial charge in [0.05, 0.1) is 12.2 Å². The van der Waals surface area contributed by atoms with E-state index in [0.717, 1.165) is 103 Å². The number of aliphatic hydroxyl groups is 2.